The summed E-state index contributed by atoms with van der Waals surface area (Å²) in [6.07, 6.45) is 2.04. The first-order chi connectivity index (χ1) is 13.0. The SMILES string of the molecule is CN(Cc1ccc(N(C)C)cc1)C(=O)CN1CCOCC1c1cccn1C. The molecular weight excluding hydrogens is 340 g/mol. The third kappa shape index (κ3) is 4.70. The van der Waals surface area contributed by atoms with Crippen molar-refractivity contribution in [2.45, 2.75) is 12.6 Å². The number of hydrogen-bond acceptors (Lipinski definition) is 4. The van der Waals surface area contributed by atoms with Gasteiger partial charge < -0.3 is 19.1 Å². The van der Waals surface area contributed by atoms with Crippen LogP contribution in [0.5, 0.6) is 0 Å². The number of nitrogens with zero attached hydrogens (tertiary/aromatic N) is 4. The molecule has 1 aliphatic rings. The van der Waals surface area contributed by atoms with E-state index < -0.39 is 0 Å². The van der Waals surface area contributed by atoms with Crippen LogP contribution < -0.4 is 4.90 Å². The maximum atomic E-state index is 12.8. The molecule has 2 heterocycles. The molecular formula is C21H30N4O2. The Kier molecular flexibility index (Phi) is 6.19. The molecule has 2 aromatic rings. The molecule has 1 fully saturated rings. The van der Waals surface area contributed by atoms with E-state index in [0.29, 0.717) is 26.3 Å². The quantitative estimate of drug-likeness (QED) is 0.781. The number of hydrogen-bond donors (Lipinski definition) is 0. The molecule has 1 atom stereocenters. The van der Waals surface area contributed by atoms with Crippen LogP contribution in [-0.4, -0.2) is 67.7 Å². The fraction of sp³-hybridized carbons (Fsp3) is 0.476. The third-order valence-corrected chi connectivity index (χ3v) is 5.20. The van der Waals surface area contributed by atoms with Crippen LogP contribution in [0, 0.1) is 0 Å². The van der Waals surface area contributed by atoms with Gasteiger partial charge in [0.1, 0.15) is 0 Å². The lowest BCUT2D eigenvalue weighted by molar-refractivity contribution is -0.134. The molecule has 0 spiro atoms. The van der Waals surface area contributed by atoms with Crippen LogP contribution in [-0.2, 0) is 23.1 Å². The van der Waals surface area contributed by atoms with Crippen LogP contribution >= 0.6 is 0 Å². The minimum atomic E-state index is 0.121. The Morgan fingerprint density at radius 1 is 1.19 bits per heavy atom. The van der Waals surface area contributed by atoms with Gasteiger partial charge in [0, 0.05) is 58.9 Å². The summed E-state index contributed by atoms with van der Waals surface area (Å²) in [5.74, 6) is 0.132. The predicted molar refractivity (Wildman–Crippen MR) is 108 cm³/mol. The van der Waals surface area contributed by atoms with Crippen molar-refractivity contribution in [2.75, 3.05) is 52.3 Å². The zero-order valence-corrected chi connectivity index (χ0v) is 16.8. The molecule has 1 aliphatic heterocycles. The largest absolute Gasteiger partial charge is 0.378 e. The van der Waals surface area contributed by atoms with Gasteiger partial charge in [-0.2, -0.15) is 0 Å². The van der Waals surface area contributed by atoms with Crippen molar-refractivity contribution in [3.05, 3.63) is 53.9 Å². The Morgan fingerprint density at radius 2 is 1.93 bits per heavy atom. The summed E-state index contributed by atoms with van der Waals surface area (Å²) in [5, 5.41) is 0. The zero-order valence-electron chi connectivity index (χ0n) is 16.8. The summed E-state index contributed by atoms with van der Waals surface area (Å²) >= 11 is 0. The Morgan fingerprint density at radius 3 is 2.56 bits per heavy atom. The minimum Gasteiger partial charge on any atom is -0.378 e. The molecule has 1 amide bonds. The Hall–Kier alpha value is -2.31. The van der Waals surface area contributed by atoms with E-state index in [0.717, 1.165) is 17.8 Å². The number of amides is 1. The fourth-order valence-electron chi connectivity index (χ4n) is 3.48. The van der Waals surface area contributed by atoms with Crippen LogP contribution in [0.15, 0.2) is 42.6 Å². The number of anilines is 1. The molecule has 0 aliphatic carbocycles. The highest BCUT2D eigenvalue weighted by molar-refractivity contribution is 5.78. The Balaban J connectivity index is 1.61. The number of aryl methyl sites for hydroxylation is 1. The van der Waals surface area contributed by atoms with Gasteiger partial charge in [-0.1, -0.05) is 12.1 Å². The number of ether oxygens (including phenoxy) is 1. The predicted octanol–water partition coefficient (Wildman–Crippen LogP) is 2.12. The molecule has 0 bridgehead atoms. The smallest absolute Gasteiger partial charge is 0.236 e. The van der Waals surface area contributed by atoms with Gasteiger partial charge in [-0.05, 0) is 29.8 Å². The number of morpholine rings is 1. The number of aromatic nitrogens is 1. The van der Waals surface area contributed by atoms with Gasteiger partial charge in [0.25, 0.3) is 0 Å². The number of rotatable bonds is 6. The number of carbonyl (C=O) groups is 1. The molecule has 146 valence electrons. The summed E-state index contributed by atoms with van der Waals surface area (Å²) in [5.41, 5.74) is 3.48. The highest BCUT2D eigenvalue weighted by Crippen LogP contribution is 2.24. The van der Waals surface area contributed by atoms with Gasteiger partial charge in [-0.25, -0.2) is 0 Å². The average Bonchev–Trinajstić information content (AvgIpc) is 3.08. The highest BCUT2D eigenvalue weighted by Gasteiger charge is 2.28. The van der Waals surface area contributed by atoms with Crippen LogP contribution in [0.25, 0.3) is 0 Å². The van der Waals surface area contributed by atoms with E-state index >= 15 is 0 Å². The van der Waals surface area contributed by atoms with E-state index in [1.165, 1.54) is 5.69 Å². The second-order valence-electron chi connectivity index (χ2n) is 7.42. The zero-order chi connectivity index (χ0) is 19.4. The first-order valence-corrected chi connectivity index (χ1v) is 9.39. The molecule has 1 unspecified atom stereocenters. The summed E-state index contributed by atoms with van der Waals surface area (Å²) in [7, 11) is 7.96. The van der Waals surface area contributed by atoms with Gasteiger partial charge in [0.15, 0.2) is 0 Å². The monoisotopic (exact) mass is 370 g/mol. The van der Waals surface area contributed by atoms with Gasteiger partial charge >= 0.3 is 0 Å². The highest BCUT2D eigenvalue weighted by atomic mass is 16.5. The van der Waals surface area contributed by atoms with Crippen molar-refractivity contribution in [3.63, 3.8) is 0 Å². The van der Waals surface area contributed by atoms with Crippen molar-refractivity contribution >= 4 is 11.6 Å². The fourth-order valence-corrected chi connectivity index (χ4v) is 3.48. The van der Waals surface area contributed by atoms with Crippen molar-refractivity contribution < 1.29 is 9.53 Å². The second kappa shape index (κ2) is 8.59. The maximum absolute atomic E-state index is 12.8. The molecule has 0 N–H and O–H groups in total. The third-order valence-electron chi connectivity index (χ3n) is 5.20. The molecule has 3 rings (SSSR count). The summed E-state index contributed by atoms with van der Waals surface area (Å²) in [6.45, 7) is 3.09. The number of benzene rings is 1. The first kappa shape index (κ1) is 19.5. The topological polar surface area (TPSA) is 40.9 Å². The van der Waals surface area contributed by atoms with Gasteiger partial charge in [-0.3, -0.25) is 9.69 Å². The molecule has 0 saturated carbocycles. The lowest BCUT2D eigenvalue weighted by atomic mass is 10.1. The summed E-state index contributed by atoms with van der Waals surface area (Å²) in [4.78, 5) is 18.9. The number of carbonyl (C=O) groups excluding carboxylic acids is 1. The van der Waals surface area contributed by atoms with Crippen LogP contribution in [0.3, 0.4) is 0 Å². The molecule has 1 aromatic heterocycles. The van der Waals surface area contributed by atoms with E-state index in [4.69, 9.17) is 4.74 Å². The van der Waals surface area contributed by atoms with E-state index in [2.05, 4.69) is 44.7 Å². The van der Waals surface area contributed by atoms with Crippen LogP contribution in [0.2, 0.25) is 0 Å². The lowest BCUT2D eigenvalue weighted by Gasteiger charge is -2.36. The standard InChI is InChI=1S/C21H30N4O2/c1-22(2)18-9-7-17(8-10-18)14-24(4)21(26)15-25-12-13-27-16-20(25)19-6-5-11-23(19)3/h5-11,20H,12-16H2,1-4H3. The summed E-state index contributed by atoms with van der Waals surface area (Å²) in [6, 6.07) is 12.6. The van der Waals surface area contributed by atoms with Crippen molar-refractivity contribution in [1.82, 2.24) is 14.4 Å². The van der Waals surface area contributed by atoms with Gasteiger partial charge in [0.05, 0.1) is 25.8 Å². The maximum Gasteiger partial charge on any atom is 0.236 e. The first-order valence-electron chi connectivity index (χ1n) is 9.39. The average molecular weight is 370 g/mol. The normalized spacial score (nSPS) is 17.7. The molecule has 0 radical (unpaired) electrons. The van der Waals surface area contributed by atoms with E-state index in [1.807, 2.05) is 45.4 Å². The van der Waals surface area contributed by atoms with E-state index in [1.54, 1.807) is 0 Å². The van der Waals surface area contributed by atoms with Crippen molar-refractivity contribution in [1.29, 1.82) is 0 Å². The van der Waals surface area contributed by atoms with Crippen LogP contribution in [0.4, 0.5) is 5.69 Å². The van der Waals surface area contributed by atoms with E-state index in [-0.39, 0.29) is 11.9 Å². The number of likely N-dealkylation sites (N-methyl/N-ethyl adjacent to an activating group) is 1. The Bertz CT molecular complexity index is 754. The van der Waals surface area contributed by atoms with Crippen molar-refractivity contribution in [3.8, 4) is 0 Å². The van der Waals surface area contributed by atoms with Crippen molar-refractivity contribution in [2.24, 2.45) is 7.05 Å². The Labute approximate surface area is 161 Å². The molecule has 1 saturated heterocycles. The minimum absolute atomic E-state index is 0.121. The van der Waals surface area contributed by atoms with E-state index in [9.17, 15) is 4.79 Å². The second-order valence-corrected chi connectivity index (χ2v) is 7.42. The van der Waals surface area contributed by atoms with Crippen LogP contribution in [0.1, 0.15) is 17.3 Å². The van der Waals surface area contributed by atoms with Gasteiger partial charge in [-0.15, -0.1) is 0 Å². The molecule has 6 heteroatoms. The molecule has 1 aromatic carbocycles. The molecule has 6 nitrogen and oxygen atoms in total. The van der Waals surface area contributed by atoms with Gasteiger partial charge in [0.2, 0.25) is 5.91 Å². The molecule has 27 heavy (non-hydrogen) atoms. The lowest BCUT2D eigenvalue weighted by Crippen LogP contribution is -2.45. The summed E-state index contributed by atoms with van der Waals surface area (Å²) < 4.78 is 7.78.